The molecule has 0 saturated carbocycles. The first kappa shape index (κ1) is 19.5. The molecule has 1 heterocycles. The Labute approximate surface area is 155 Å². The molecular formula is C16H14BrClF3N3O. The van der Waals surface area contributed by atoms with Gasteiger partial charge in [0.25, 0.3) is 0 Å². The zero-order valence-corrected chi connectivity index (χ0v) is 15.2. The van der Waals surface area contributed by atoms with E-state index in [1.165, 1.54) is 0 Å². The van der Waals surface area contributed by atoms with Gasteiger partial charge in [0.2, 0.25) is 5.91 Å². The highest BCUT2D eigenvalue weighted by atomic mass is 79.9. The molecule has 0 aliphatic carbocycles. The highest BCUT2D eigenvalue weighted by Gasteiger charge is 2.31. The Balaban J connectivity index is 1.77. The lowest BCUT2D eigenvalue weighted by molar-refractivity contribution is -0.137. The SMILES string of the molecule is O=C(Cc1ccc(Br)cc1)NCCNc1ncc(C(F)(F)F)cc1Cl. The van der Waals surface area contributed by atoms with Crippen molar-refractivity contribution in [3.05, 3.63) is 57.2 Å². The van der Waals surface area contributed by atoms with E-state index >= 15 is 0 Å². The topological polar surface area (TPSA) is 54.0 Å². The molecule has 25 heavy (non-hydrogen) atoms. The third-order valence-corrected chi connectivity index (χ3v) is 4.00. The lowest BCUT2D eigenvalue weighted by atomic mass is 10.1. The van der Waals surface area contributed by atoms with Gasteiger partial charge in [0.1, 0.15) is 5.82 Å². The first-order chi connectivity index (χ1) is 11.8. The molecule has 0 aliphatic rings. The normalized spacial score (nSPS) is 11.2. The Kier molecular flexibility index (Phi) is 6.66. The zero-order chi connectivity index (χ0) is 18.4. The van der Waals surface area contributed by atoms with Crippen molar-refractivity contribution in [3.63, 3.8) is 0 Å². The van der Waals surface area contributed by atoms with Crippen LogP contribution in [0.1, 0.15) is 11.1 Å². The molecule has 0 aliphatic heterocycles. The number of rotatable bonds is 6. The van der Waals surface area contributed by atoms with Gasteiger partial charge in [-0.25, -0.2) is 4.98 Å². The minimum atomic E-state index is -4.49. The molecule has 0 atom stereocenters. The summed E-state index contributed by atoms with van der Waals surface area (Å²) in [6, 6.07) is 8.19. The number of hydrogen-bond acceptors (Lipinski definition) is 3. The molecule has 0 spiro atoms. The number of carbonyl (C=O) groups is 1. The molecule has 2 N–H and O–H groups in total. The standard InChI is InChI=1S/C16H14BrClF3N3O/c17-12-3-1-10(2-4-12)7-14(25)22-5-6-23-15-13(18)8-11(9-24-15)16(19,20)21/h1-4,8-9H,5-7H2,(H,22,25)(H,23,24). The van der Waals surface area contributed by atoms with E-state index in [1.54, 1.807) is 0 Å². The Bertz CT molecular complexity index is 738. The summed E-state index contributed by atoms with van der Waals surface area (Å²) >= 11 is 9.10. The smallest absolute Gasteiger partial charge is 0.367 e. The summed E-state index contributed by atoms with van der Waals surface area (Å²) in [6.45, 7) is 0.568. The molecule has 0 saturated heterocycles. The van der Waals surface area contributed by atoms with Crippen LogP contribution in [0, 0.1) is 0 Å². The van der Waals surface area contributed by atoms with Gasteiger partial charge in [-0.05, 0) is 23.8 Å². The van der Waals surface area contributed by atoms with Crippen LogP contribution in [0.2, 0.25) is 5.02 Å². The second-order valence-corrected chi connectivity index (χ2v) is 6.46. The van der Waals surface area contributed by atoms with Crippen molar-refractivity contribution in [2.24, 2.45) is 0 Å². The second-order valence-electron chi connectivity index (χ2n) is 5.13. The number of benzene rings is 1. The molecule has 1 aromatic carbocycles. The maximum absolute atomic E-state index is 12.5. The van der Waals surface area contributed by atoms with E-state index in [4.69, 9.17) is 11.6 Å². The Morgan fingerprint density at radius 1 is 1.20 bits per heavy atom. The fourth-order valence-electron chi connectivity index (χ4n) is 1.96. The van der Waals surface area contributed by atoms with Gasteiger partial charge in [0.15, 0.2) is 0 Å². The van der Waals surface area contributed by atoms with Crippen LogP contribution in [-0.4, -0.2) is 24.0 Å². The lowest BCUT2D eigenvalue weighted by Gasteiger charge is -2.11. The van der Waals surface area contributed by atoms with Crippen molar-refractivity contribution >= 4 is 39.3 Å². The fraction of sp³-hybridized carbons (Fsp3) is 0.250. The number of amides is 1. The van der Waals surface area contributed by atoms with E-state index in [0.29, 0.717) is 6.20 Å². The minimum absolute atomic E-state index is 0.129. The average molecular weight is 437 g/mol. The number of anilines is 1. The van der Waals surface area contributed by atoms with Crippen LogP contribution in [0.5, 0.6) is 0 Å². The van der Waals surface area contributed by atoms with Crippen LogP contribution in [0.4, 0.5) is 19.0 Å². The molecule has 134 valence electrons. The van der Waals surface area contributed by atoms with Crippen molar-refractivity contribution < 1.29 is 18.0 Å². The van der Waals surface area contributed by atoms with Crippen molar-refractivity contribution in [2.45, 2.75) is 12.6 Å². The number of pyridine rings is 1. The highest BCUT2D eigenvalue weighted by molar-refractivity contribution is 9.10. The van der Waals surface area contributed by atoms with Crippen molar-refractivity contribution in [1.29, 1.82) is 0 Å². The van der Waals surface area contributed by atoms with Crippen LogP contribution in [0.15, 0.2) is 41.0 Å². The van der Waals surface area contributed by atoms with Crippen molar-refractivity contribution in [3.8, 4) is 0 Å². The van der Waals surface area contributed by atoms with Gasteiger partial charge in [0, 0.05) is 23.8 Å². The van der Waals surface area contributed by atoms with E-state index in [0.717, 1.165) is 16.1 Å². The summed E-state index contributed by atoms with van der Waals surface area (Å²) in [5.41, 5.74) is -0.0352. The van der Waals surface area contributed by atoms with Gasteiger partial charge in [0.05, 0.1) is 17.0 Å². The quantitative estimate of drug-likeness (QED) is 0.665. The van der Waals surface area contributed by atoms with Gasteiger partial charge in [-0.2, -0.15) is 13.2 Å². The van der Waals surface area contributed by atoms with E-state index in [2.05, 4.69) is 31.5 Å². The summed E-state index contributed by atoms with van der Waals surface area (Å²) in [5, 5.41) is 5.37. The molecule has 0 unspecified atom stereocenters. The summed E-state index contributed by atoms with van der Waals surface area (Å²) in [6.07, 6.45) is -3.54. The highest BCUT2D eigenvalue weighted by Crippen LogP contribution is 2.32. The largest absolute Gasteiger partial charge is 0.417 e. The number of aromatic nitrogens is 1. The molecule has 2 rings (SSSR count). The maximum atomic E-state index is 12.5. The number of hydrogen-bond donors (Lipinski definition) is 2. The average Bonchev–Trinajstić information content (AvgIpc) is 2.54. The van der Waals surface area contributed by atoms with Crippen LogP contribution in [-0.2, 0) is 17.4 Å². The van der Waals surface area contributed by atoms with Crippen LogP contribution in [0.25, 0.3) is 0 Å². The predicted octanol–water partition coefficient (Wildman–Crippen LogP) is 4.29. The Morgan fingerprint density at radius 3 is 2.48 bits per heavy atom. The lowest BCUT2D eigenvalue weighted by Crippen LogP contribution is -2.30. The van der Waals surface area contributed by atoms with Gasteiger partial charge >= 0.3 is 6.18 Å². The van der Waals surface area contributed by atoms with Crippen LogP contribution in [0.3, 0.4) is 0 Å². The van der Waals surface area contributed by atoms with Crippen molar-refractivity contribution in [2.75, 3.05) is 18.4 Å². The Morgan fingerprint density at radius 2 is 1.88 bits per heavy atom. The minimum Gasteiger partial charge on any atom is -0.367 e. The molecule has 0 fully saturated rings. The number of alkyl halides is 3. The molecule has 2 aromatic rings. The molecule has 9 heteroatoms. The van der Waals surface area contributed by atoms with Gasteiger partial charge in [-0.1, -0.05) is 39.7 Å². The molecule has 0 radical (unpaired) electrons. The van der Waals surface area contributed by atoms with Gasteiger partial charge in [-0.3, -0.25) is 4.79 Å². The summed E-state index contributed by atoms with van der Waals surface area (Å²) in [5.74, 6) is -0.0209. The van der Waals surface area contributed by atoms with E-state index in [-0.39, 0.29) is 36.3 Å². The molecule has 1 aromatic heterocycles. The number of nitrogens with one attached hydrogen (secondary N) is 2. The number of nitrogens with zero attached hydrogens (tertiary/aromatic N) is 1. The molecule has 4 nitrogen and oxygen atoms in total. The Hall–Kier alpha value is -1.80. The first-order valence-electron chi connectivity index (χ1n) is 7.23. The summed E-state index contributed by atoms with van der Waals surface area (Å²) in [4.78, 5) is 15.5. The van der Waals surface area contributed by atoms with E-state index < -0.39 is 11.7 Å². The fourth-order valence-corrected chi connectivity index (χ4v) is 2.45. The van der Waals surface area contributed by atoms with Crippen LogP contribution < -0.4 is 10.6 Å². The maximum Gasteiger partial charge on any atom is 0.417 e. The van der Waals surface area contributed by atoms with Gasteiger partial charge in [-0.15, -0.1) is 0 Å². The zero-order valence-electron chi connectivity index (χ0n) is 12.8. The molecule has 1 amide bonds. The number of halogens is 5. The summed E-state index contributed by atoms with van der Waals surface area (Å²) < 4.78 is 38.5. The third-order valence-electron chi connectivity index (χ3n) is 3.19. The monoisotopic (exact) mass is 435 g/mol. The van der Waals surface area contributed by atoms with Crippen LogP contribution >= 0.6 is 27.5 Å². The predicted molar refractivity (Wildman–Crippen MR) is 93.6 cm³/mol. The van der Waals surface area contributed by atoms with Gasteiger partial charge < -0.3 is 10.6 Å². The van der Waals surface area contributed by atoms with E-state index in [1.807, 2.05) is 24.3 Å². The molecule has 0 bridgehead atoms. The molecular weight excluding hydrogens is 423 g/mol. The second kappa shape index (κ2) is 8.53. The third kappa shape index (κ3) is 6.21. The van der Waals surface area contributed by atoms with Crippen molar-refractivity contribution in [1.82, 2.24) is 10.3 Å². The van der Waals surface area contributed by atoms with E-state index in [9.17, 15) is 18.0 Å². The number of carbonyl (C=O) groups excluding carboxylic acids is 1. The first-order valence-corrected chi connectivity index (χ1v) is 8.40. The summed E-state index contributed by atoms with van der Waals surface area (Å²) in [7, 11) is 0.